The largest absolute Gasteiger partial charge is 3.00 e. The van der Waals surface area contributed by atoms with Gasteiger partial charge in [-0.1, -0.05) is 41.5 Å². The van der Waals surface area contributed by atoms with E-state index in [1.165, 1.54) is 0 Å². The quantitative estimate of drug-likeness (QED) is 0.659. The number of aliphatic hydroxyl groups excluding tert-OH is 1. The van der Waals surface area contributed by atoms with Crippen LogP contribution >= 0.6 is 0 Å². The van der Waals surface area contributed by atoms with Crippen molar-refractivity contribution in [3.63, 3.8) is 0 Å². The Balaban J connectivity index is -0.0000000369. The third-order valence-corrected chi connectivity index (χ3v) is 0. The molecule has 0 aliphatic rings. The molecule has 104 valence electrons. The van der Waals surface area contributed by atoms with E-state index in [1.807, 2.05) is 0 Å². The summed E-state index contributed by atoms with van der Waals surface area (Å²) in [6.07, 6.45) is -1.42. The first-order chi connectivity index (χ1) is 6.93. The van der Waals surface area contributed by atoms with Crippen molar-refractivity contribution in [1.29, 1.82) is 0 Å². The molecule has 0 bridgehead atoms. The molecule has 0 saturated heterocycles. The third kappa shape index (κ3) is 4250. The van der Waals surface area contributed by atoms with Gasteiger partial charge in [0.2, 0.25) is 0 Å². The van der Waals surface area contributed by atoms with Crippen molar-refractivity contribution in [3.8, 4) is 0 Å². The van der Waals surface area contributed by atoms with Gasteiger partial charge in [-0.15, -0.1) is 18.3 Å². The Morgan fingerprint density at radius 2 is 0.588 bits per heavy atom. The second-order valence-electron chi connectivity index (χ2n) is 4.24. The normalized spacial score (nSPS) is 8.47. The minimum Gasteiger partial charge on any atom is -0.852 e. The van der Waals surface area contributed by atoms with Crippen LogP contribution in [-0.2, 0) is 32.7 Å². The van der Waals surface area contributed by atoms with E-state index in [0.717, 1.165) is 0 Å². The van der Waals surface area contributed by atoms with E-state index in [0.29, 0.717) is 0 Å². The van der Waals surface area contributed by atoms with E-state index in [2.05, 4.69) is 0 Å². The first-order valence-electron chi connectivity index (χ1n) is 5.58. The molecule has 0 atom stereocenters. The van der Waals surface area contributed by atoms with Crippen molar-refractivity contribution in [3.05, 3.63) is 0 Å². The molecule has 0 aromatic heterocycles. The van der Waals surface area contributed by atoms with Crippen molar-refractivity contribution < 1.29 is 53.1 Å². The number of rotatable bonds is 0. The molecule has 1 N–H and O–H groups in total. The molecule has 0 aromatic carbocycles. The number of hydrogen-bond donors (Lipinski definition) is 1. The smallest absolute Gasteiger partial charge is 0.852 e. The molecule has 0 fully saturated rings. The summed E-state index contributed by atoms with van der Waals surface area (Å²) in [5.41, 5.74) is 0. The molecule has 0 unspecified atom stereocenters. The monoisotopic (exact) mass is 326 g/mol. The van der Waals surface area contributed by atoms with E-state index in [9.17, 15) is 15.3 Å². The van der Waals surface area contributed by atoms with Crippen LogP contribution in [0.2, 0.25) is 0 Å². The van der Waals surface area contributed by atoms with Crippen LogP contribution in [0, 0.1) is 0 Å². The van der Waals surface area contributed by atoms with Gasteiger partial charge in [-0.25, -0.2) is 0 Å². The Kier molecular flexibility index (Phi) is 46.5. The maximum Gasteiger partial charge on any atom is 3.00 e. The van der Waals surface area contributed by atoms with E-state index in [1.54, 1.807) is 55.4 Å². The molecule has 0 aromatic rings. The Morgan fingerprint density at radius 1 is 0.588 bits per heavy atom. The van der Waals surface area contributed by atoms with Crippen molar-refractivity contribution >= 4 is 0 Å². The summed E-state index contributed by atoms with van der Waals surface area (Å²) in [5.74, 6) is 0. The maximum absolute atomic E-state index is 9.53. The molecule has 0 saturated carbocycles. The summed E-state index contributed by atoms with van der Waals surface area (Å²) in [4.78, 5) is 0. The fraction of sp³-hybridized carbons (Fsp3) is 1.00. The summed E-state index contributed by atoms with van der Waals surface area (Å²) < 4.78 is 0. The number of aliphatic hydroxyl groups is 1. The molecule has 0 rings (SSSR count). The SMILES string of the molecule is CC(C)O.CC(C)[O-].CC(C)[O-].CC(C)[O-].[Y+3]. The second-order valence-corrected chi connectivity index (χ2v) is 4.24. The van der Waals surface area contributed by atoms with Crippen LogP contribution < -0.4 is 15.3 Å². The summed E-state index contributed by atoms with van der Waals surface area (Å²) in [7, 11) is 0. The minimum atomic E-state index is -0.417. The van der Waals surface area contributed by atoms with Gasteiger partial charge in [0.15, 0.2) is 0 Å². The van der Waals surface area contributed by atoms with Gasteiger partial charge in [0.1, 0.15) is 0 Å². The van der Waals surface area contributed by atoms with Crippen molar-refractivity contribution in [2.24, 2.45) is 0 Å². The average Bonchev–Trinajstić information content (AvgIpc) is 1.76. The van der Waals surface area contributed by atoms with Gasteiger partial charge in [0.25, 0.3) is 0 Å². The summed E-state index contributed by atoms with van der Waals surface area (Å²) in [6, 6.07) is 0. The van der Waals surface area contributed by atoms with E-state index >= 15 is 0 Å². The first kappa shape index (κ1) is 30.7. The third-order valence-electron chi connectivity index (χ3n) is 0. The molecule has 5 heteroatoms. The van der Waals surface area contributed by atoms with E-state index in [-0.39, 0.29) is 38.8 Å². The summed E-state index contributed by atoms with van der Waals surface area (Å²) >= 11 is 0. The minimum absolute atomic E-state index is 0. The van der Waals surface area contributed by atoms with Crippen LogP contribution in [0.3, 0.4) is 0 Å². The molecule has 0 spiro atoms. The Hall–Kier alpha value is 0.944. The molecule has 0 aliphatic heterocycles. The van der Waals surface area contributed by atoms with Crippen LogP contribution in [0.25, 0.3) is 0 Å². The molecule has 0 heterocycles. The Bertz CT molecular complexity index is 61.5. The Morgan fingerprint density at radius 3 is 0.588 bits per heavy atom. The van der Waals surface area contributed by atoms with Crippen LogP contribution in [0.1, 0.15) is 55.4 Å². The topological polar surface area (TPSA) is 89.4 Å². The zero-order valence-electron chi connectivity index (χ0n) is 12.6. The number of hydrogen-bond acceptors (Lipinski definition) is 4. The zero-order chi connectivity index (χ0) is 14.3. The summed E-state index contributed by atoms with van der Waals surface area (Å²) in [6.45, 7) is 13.1. The van der Waals surface area contributed by atoms with Crippen molar-refractivity contribution in [1.82, 2.24) is 0 Å². The van der Waals surface area contributed by atoms with Gasteiger partial charge in [0.05, 0.1) is 0 Å². The fourth-order valence-electron chi connectivity index (χ4n) is 0. The Labute approximate surface area is 132 Å². The van der Waals surface area contributed by atoms with E-state index < -0.39 is 18.3 Å². The molecular formula is C12H29O4Y. The van der Waals surface area contributed by atoms with Gasteiger partial charge in [-0.3, -0.25) is 0 Å². The predicted octanol–water partition coefficient (Wildman–Crippen LogP) is -0.350. The predicted molar refractivity (Wildman–Crippen MR) is 62.8 cm³/mol. The molecular weight excluding hydrogens is 297 g/mol. The molecule has 4 nitrogen and oxygen atoms in total. The second kappa shape index (κ2) is 25.7. The van der Waals surface area contributed by atoms with Crippen LogP contribution in [-0.4, -0.2) is 29.5 Å². The van der Waals surface area contributed by atoms with Gasteiger partial charge >= 0.3 is 32.7 Å². The van der Waals surface area contributed by atoms with Gasteiger partial charge in [-0.05, 0) is 13.8 Å². The average molecular weight is 326 g/mol. The van der Waals surface area contributed by atoms with E-state index in [4.69, 9.17) is 5.11 Å². The standard InChI is InChI=1S/C3H8O.3C3H7O.Y/c4*1-3(2)4;/h3-4H,1-2H3;3*3H,1-2H3;/q;3*-1;+3. The van der Waals surface area contributed by atoms with Crippen molar-refractivity contribution in [2.75, 3.05) is 0 Å². The van der Waals surface area contributed by atoms with Gasteiger partial charge in [-0.2, -0.15) is 0 Å². The first-order valence-corrected chi connectivity index (χ1v) is 5.58. The fourth-order valence-corrected chi connectivity index (χ4v) is 0. The van der Waals surface area contributed by atoms with Crippen LogP contribution in [0.15, 0.2) is 0 Å². The molecule has 0 radical (unpaired) electrons. The zero-order valence-corrected chi connectivity index (χ0v) is 15.4. The van der Waals surface area contributed by atoms with Crippen molar-refractivity contribution in [2.45, 2.75) is 79.8 Å². The molecule has 0 aliphatic carbocycles. The molecule has 0 amide bonds. The molecule has 17 heavy (non-hydrogen) atoms. The van der Waals surface area contributed by atoms with Gasteiger partial charge < -0.3 is 20.4 Å². The summed E-state index contributed by atoms with van der Waals surface area (Å²) in [5, 5.41) is 36.6. The maximum atomic E-state index is 9.53. The van der Waals surface area contributed by atoms with Crippen LogP contribution in [0.4, 0.5) is 0 Å². The van der Waals surface area contributed by atoms with Crippen LogP contribution in [0.5, 0.6) is 0 Å². The van der Waals surface area contributed by atoms with Gasteiger partial charge in [0, 0.05) is 6.10 Å².